The Hall–Kier alpha value is -2.49. The van der Waals surface area contributed by atoms with Crippen molar-refractivity contribution in [3.63, 3.8) is 0 Å². The van der Waals surface area contributed by atoms with E-state index >= 15 is 0 Å². The zero-order valence-electron chi connectivity index (χ0n) is 14.4. The second-order valence-corrected chi connectivity index (χ2v) is 8.47. The maximum atomic E-state index is 12.8. The molecule has 4 rings (SSSR count). The zero-order chi connectivity index (χ0) is 19.0. The molecule has 0 N–H and O–H groups in total. The van der Waals surface area contributed by atoms with Gasteiger partial charge in [0.2, 0.25) is 0 Å². The molecule has 0 aliphatic carbocycles. The fraction of sp³-hybridized carbons (Fsp3) is 0.0909. The average molecular weight is 431 g/mol. The van der Waals surface area contributed by atoms with E-state index in [-0.39, 0.29) is 15.0 Å². The first-order valence-electron chi connectivity index (χ1n) is 8.36. The second-order valence-electron chi connectivity index (χ2n) is 6.20. The molecule has 27 heavy (non-hydrogen) atoms. The van der Waals surface area contributed by atoms with Crippen LogP contribution in [0.2, 0.25) is 0 Å². The molecule has 0 bridgehead atoms. The van der Waals surface area contributed by atoms with Crippen LogP contribution in [0.3, 0.4) is 0 Å². The summed E-state index contributed by atoms with van der Waals surface area (Å²) in [6.45, 7) is 2.03. The van der Waals surface area contributed by atoms with Gasteiger partial charge in [0, 0.05) is 0 Å². The molecule has 0 aliphatic rings. The van der Waals surface area contributed by atoms with E-state index in [1.807, 2.05) is 55.5 Å². The van der Waals surface area contributed by atoms with Crippen LogP contribution < -0.4 is 8.92 Å². The Morgan fingerprint density at radius 3 is 2.19 bits per heavy atom. The second kappa shape index (κ2) is 6.91. The van der Waals surface area contributed by atoms with Crippen molar-refractivity contribution in [2.75, 3.05) is 0 Å². The number of rotatable bonds is 3. The molecule has 0 fully saturated rings. The Balaban J connectivity index is 1.81. The van der Waals surface area contributed by atoms with E-state index in [1.165, 1.54) is 0 Å². The summed E-state index contributed by atoms with van der Waals surface area (Å²) in [7, 11) is 0. The summed E-state index contributed by atoms with van der Waals surface area (Å²) >= 11 is -0.186. The molecule has 0 radical (unpaired) electrons. The molecular formula is C22H15F3OSe. The summed E-state index contributed by atoms with van der Waals surface area (Å²) in [4.78, 5) is 0. The fourth-order valence-electron chi connectivity index (χ4n) is 2.96. The zero-order valence-corrected chi connectivity index (χ0v) is 16.1. The van der Waals surface area contributed by atoms with Crippen molar-refractivity contribution in [3.8, 4) is 11.3 Å². The first kappa shape index (κ1) is 17.9. The Bertz CT molecular complexity index is 1090. The van der Waals surface area contributed by atoms with Crippen molar-refractivity contribution in [2.24, 2.45) is 0 Å². The number of hydrogen-bond acceptors (Lipinski definition) is 1. The van der Waals surface area contributed by atoms with E-state index < -0.39 is 11.7 Å². The molecule has 136 valence electrons. The monoisotopic (exact) mass is 432 g/mol. The Labute approximate surface area is 161 Å². The predicted octanol–water partition coefficient (Wildman–Crippen LogP) is 5.08. The van der Waals surface area contributed by atoms with Crippen molar-refractivity contribution in [1.29, 1.82) is 0 Å². The summed E-state index contributed by atoms with van der Waals surface area (Å²) in [5.41, 5.74) is 2.27. The fourth-order valence-corrected chi connectivity index (χ4v) is 5.12. The molecule has 4 aromatic rings. The van der Waals surface area contributed by atoms with Gasteiger partial charge in [-0.3, -0.25) is 0 Å². The van der Waals surface area contributed by atoms with E-state index in [9.17, 15) is 13.2 Å². The molecule has 0 unspecified atom stereocenters. The van der Waals surface area contributed by atoms with Gasteiger partial charge in [0.05, 0.1) is 0 Å². The molecule has 0 spiro atoms. The molecule has 1 heterocycles. The van der Waals surface area contributed by atoms with Gasteiger partial charge in [-0.1, -0.05) is 0 Å². The van der Waals surface area contributed by atoms with Gasteiger partial charge in [-0.2, -0.15) is 0 Å². The number of halogens is 3. The van der Waals surface area contributed by atoms with Gasteiger partial charge in [-0.25, -0.2) is 0 Å². The Kier molecular flexibility index (Phi) is 4.58. The summed E-state index contributed by atoms with van der Waals surface area (Å²) in [5, 5.41) is 1.01. The van der Waals surface area contributed by atoms with Crippen molar-refractivity contribution >= 4 is 34.8 Å². The van der Waals surface area contributed by atoms with Crippen molar-refractivity contribution in [2.45, 2.75) is 13.1 Å². The van der Waals surface area contributed by atoms with Crippen LogP contribution in [0.1, 0.15) is 11.1 Å². The van der Waals surface area contributed by atoms with Gasteiger partial charge in [0.1, 0.15) is 0 Å². The molecule has 0 saturated carbocycles. The maximum absolute atomic E-state index is 12.8. The van der Waals surface area contributed by atoms with Gasteiger partial charge in [0.25, 0.3) is 0 Å². The number of furan rings is 1. The molecule has 3 aromatic carbocycles. The third-order valence-electron chi connectivity index (χ3n) is 4.34. The number of para-hydroxylation sites is 1. The summed E-state index contributed by atoms with van der Waals surface area (Å²) < 4.78 is 46.5. The van der Waals surface area contributed by atoms with E-state index in [2.05, 4.69) is 0 Å². The van der Waals surface area contributed by atoms with E-state index in [4.69, 9.17) is 4.42 Å². The number of alkyl halides is 3. The van der Waals surface area contributed by atoms with E-state index in [0.29, 0.717) is 0 Å². The van der Waals surface area contributed by atoms with Crippen molar-refractivity contribution < 1.29 is 17.6 Å². The van der Waals surface area contributed by atoms with Gasteiger partial charge in [0.15, 0.2) is 0 Å². The van der Waals surface area contributed by atoms with Crippen molar-refractivity contribution in [3.05, 3.63) is 83.9 Å². The Morgan fingerprint density at radius 1 is 0.815 bits per heavy atom. The molecule has 1 nitrogen and oxygen atoms in total. The standard InChI is InChI=1S/C22H15F3OSe/c1-14-6-2-3-7-17(14)20-21(18-8-4-5-9-19(18)26-20)27-16-12-10-15(11-13-16)22(23,24)25/h2-13H,1H3. The normalized spacial score (nSPS) is 11.9. The van der Waals surface area contributed by atoms with Crippen LogP contribution in [0, 0.1) is 6.92 Å². The minimum absolute atomic E-state index is 0.186. The topological polar surface area (TPSA) is 13.1 Å². The quantitative estimate of drug-likeness (QED) is 0.413. The van der Waals surface area contributed by atoms with Crippen LogP contribution in [0.5, 0.6) is 0 Å². The molecule has 0 aliphatic heterocycles. The summed E-state index contributed by atoms with van der Waals surface area (Å²) in [6.07, 6.45) is -4.32. The van der Waals surface area contributed by atoms with E-state index in [1.54, 1.807) is 12.1 Å². The third kappa shape index (κ3) is 3.53. The summed E-state index contributed by atoms with van der Waals surface area (Å²) in [5.74, 6) is 0.800. The molecule has 1 aromatic heterocycles. The van der Waals surface area contributed by atoms with Gasteiger partial charge in [-0.15, -0.1) is 0 Å². The first-order valence-corrected chi connectivity index (χ1v) is 10.1. The van der Waals surface area contributed by atoms with Crippen LogP contribution in [-0.4, -0.2) is 15.0 Å². The number of benzene rings is 3. The molecule has 0 amide bonds. The SMILES string of the molecule is Cc1ccccc1-c1oc2ccccc2c1[Se]c1ccc(C(F)(F)F)cc1. The van der Waals surface area contributed by atoms with Crippen LogP contribution >= 0.6 is 0 Å². The Morgan fingerprint density at radius 2 is 1.48 bits per heavy atom. The number of hydrogen-bond donors (Lipinski definition) is 0. The third-order valence-corrected chi connectivity index (χ3v) is 6.69. The van der Waals surface area contributed by atoms with Crippen LogP contribution in [0.25, 0.3) is 22.3 Å². The molecular weight excluding hydrogens is 416 g/mol. The number of fused-ring (bicyclic) bond motifs is 1. The van der Waals surface area contributed by atoms with Crippen LogP contribution in [0.15, 0.2) is 77.2 Å². The first-order chi connectivity index (χ1) is 12.9. The van der Waals surface area contributed by atoms with E-state index in [0.717, 1.165) is 48.9 Å². The predicted molar refractivity (Wildman–Crippen MR) is 103 cm³/mol. The molecule has 0 atom stereocenters. The average Bonchev–Trinajstić information content (AvgIpc) is 3.00. The van der Waals surface area contributed by atoms with Crippen molar-refractivity contribution in [1.82, 2.24) is 0 Å². The molecule has 0 saturated heterocycles. The summed E-state index contributed by atoms with van der Waals surface area (Å²) in [6, 6.07) is 21.2. The number of aryl methyl sites for hydroxylation is 1. The minimum atomic E-state index is -4.32. The van der Waals surface area contributed by atoms with Crippen LogP contribution in [0.4, 0.5) is 13.2 Å². The van der Waals surface area contributed by atoms with Gasteiger partial charge in [-0.05, 0) is 0 Å². The van der Waals surface area contributed by atoms with Gasteiger partial charge >= 0.3 is 161 Å². The van der Waals surface area contributed by atoms with Crippen LogP contribution in [-0.2, 0) is 6.18 Å². The van der Waals surface area contributed by atoms with Gasteiger partial charge < -0.3 is 0 Å². The molecule has 5 heteroatoms.